The van der Waals surface area contributed by atoms with Crippen LogP contribution >= 0.6 is 0 Å². The molecule has 0 radical (unpaired) electrons. The van der Waals surface area contributed by atoms with Crippen molar-refractivity contribution in [1.29, 1.82) is 0 Å². The smallest absolute Gasteiger partial charge is 0.246 e. The van der Waals surface area contributed by atoms with Crippen LogP contribution in [-0.2, 0) is 9.53 Å². The van der Waals surface area contributed by atoms with Gasteiger partial charge < -0.3 is 9.64 Å². The van der Waals surface area contributed by atoms with E-state index in [1.54, 1.807) is 7.11 Å². The maximum Gasteiger partial charge on any atom is 0.246 e. The Morgan fingerprint density at radius 2 is 2.07 bits per heavy atom. The Kier molecular flexibility index (Phi) is 4.62. The van der Waals surface area contributed by atoms with E-state index in [1.807, 2.05) is 4.90 Å². The topological polar surface area (TPSA) is 32.8 Å². The summed E-state index contributed by atoms with van der Waals surface area (Å²) >= 11 is 0. The Morgan fingerprint density at radius 1 is 1.43 bits per heavy atom. The van der Waals surface area contributed by atoms with Crippen LogP contribution in [0.15, 0.2) is 12.7 Å². The van der Waals surface area contributed by atoms with Crippen LogP contribution in [0.3, 0.4) is 0 Å². The number of carbonyl (C=O) groups excluding carboxylic acids is 1. The molecule has 0 atom stereocenters. The van der Waals surface area contributed by atoms with Gasteiger partial charge in [0.05, 0.1) is 6.61 Å². The van der Waals surface area contributed by atoms with Crippen LogP contribution in [-0.4, -0.2) is 62.1 Å². The number of carbonyl (C=O) groups is 1. The first-order valence-corrected chi connectivity index (χ1v) is 4.90. The summed E-state index contributed by atoms with van der Waals surface area (Å²) in [5.41, 5.74) is 0. The van der Waals surface area contributed by atoms with Crippen LogP contribution in [0.4, 0.5) is 0 Å². The molecule has 0 aromatic carbocycles. The molecule has 0 aromatic heterocycles. The maximum atomic E-state index is 11.3. The Hall–Kier alpha value is -0.870. The van der Waals surface area contributed by atoms with Gasteiger partial charge in [-0.2, -0.15) is 0 Å². The average Bonchev–Trinajstić information content (AvgIpc) is 2.26. The third-order valence-corrected chi connectivity index (χ3v) is 2.47. The van der Waals surface area contributed by atoms with E-state index in [-0.39, 0.29) is 5.91 Å². The maximum absolute atomic E-state index is 11.3. The zero-order valence-corrected chi connectivity index (χ0v) is 8.74. The van der Waals surface area contributed by atoms with Crippen molar-refractivity contribution < 1.29 is 9.53 Å². The van der Waals surface area contributed by atoms with Gasteiger partial charge in [-0.25, -0.2) is 0 Å². The molecule has 1 amide bonds. The van der Waals surface area contributed by atoms with Crippen LogP contribution in [0.25, 0.3) is 0 Å². The largest absolute Gasteiger partial charge is 0.383 e. The molecule has 0 N–H and O–H groups in total. The number of amides is 1. The zero-order valence-electron chi connectivity index (χ0n) is 8.74. The highest BCUT2D eigenvalue weighted by Gasteiger charge is 2.18. The van der Waals surface area contributed by atoms with Crippen LogP contribution < -0.4 is 0 Å². The molecule has 1 aliphatic heterocycles. The number of piperazine rings is 1. The number of hydrogen-bond acceptors (Lipinski definition) is 3. The lowest BCUT2D eigenvalue weighted by molar-refractivity contribution is -0.127. The second-order valence-corrected chi connectivity index (χ2v) is 3.36. The number of methoxy groups -OCH3 is 1. The highest BCUT2D eigenvalue weighted by atomic mass is 16.5. The first kappa shape index (κ1) is 11.2. The molecule has 0 unspecified atom stereocenters. The highest BCUT2D eigenvalue weighted by molar-refractivity contribution is 5.87. The van der Waals surface area contributed by atoms with Crippen LogP contribution in [0.2, 0.25) is 0 Å². The van der Waals surface area contributed by atoms with E-state index in [9.17, 15) is 4.79 Å². The van der Waals surface area contributed by atoms with E-state index in [1.165, 1.54) is 6.08 Å². The summed E-state index contributed by atoms with van der Waals surface area (Å²) in [5, 5.41) is 0. The van der Waals surface area contributed by atoms with Crippen molar-refractivity contribution in [3.63, 3.8) is 0 Å². The third-order valence-electron chi connectivity index (χ3n) is 2.47. The quantitative estimate of drug-likeness (QED) is 0.594. The van der Waals surface area contributed by atoms with E-state index in [4.69, 9.17) is 4.74 Å². The standard InChI is InChI=1S/C10H18N2O2/c1-3-10(13)12-6-4-11(5-7-12)8-9-14-2/h3H,1,4-9H2,2H3. The summed E-state index contributed by atoms with van der Waals surface area (Å²) in [6, 6.07) is 0. The number of hydrogen-bond donors (Lipinski definition) is 0. The zero-order chi connectivity index (χ0) is 10.4. The molecule has 4 heteroatoms. The molecule has 0 aliphatic carbocycles. The van der Waals surface area contributed by atoms with Gasteiger partial charge in [-0.1, -0.05) is 6.58 Å². The molecular weight excluding hydrogens is 180 g/mol. The summed E-state index contributed by atoms with van der Waals surface area (Å²) < 4.78 is 5.00. The number of rotatable bonds is 4. The minimum absolute atomic E-state index is 0.0383. The molecule has 1 fully saturated rings. The first-order chi connectivity index (χ1) is 6.77. The fourth-order valence-corrected chi connectivity index (χ4v) is 1.54. The molecule has 0 saturated carbocycles. The molecule has 1 saturated heterocycles. The molecule has 80 valence electrons. The van der Waals surface area contributed by atoms with E-state index >= 15 is 0 Å². The normalized spacial score (nSPS) is 18.2. The lowest BCUT2D eigenvalue weighted by atomic mass is 10.3. The molecule has 14 heavy (non-hydrogen) atoms. The molecule has 0 bridgehead atoms. The van der Waals surface area contributed by atoms with Crippen molar-refractivity contribution >= 4 is 5.91 Å². The fraction of sp³-hybridized carbons (Fsp3) is 0.700. The van der Waals surface area contributed by atoms with Gasteiger partial charge in [0.1, 0.15) is 0 Å². The summed E-state index contributed by atoms with van der Waals surface area (Å²) in [4.78, 5) is 15.4. The minimum Gasteiger partial charge on any atom is -0.383 e. The Morgan fingerprint density at radius 3 is 2.57 bits per heavy atom. The van der Waals surface area contributed by atoms with E-state index in [0.29, 0.717) is 0 Å². The van der Waals surface area contributed by atoms with Crippen LogP contribution in [0.1, 0.15) is 0 Å². The molecule has 4 nitrogen and oxygen atoms in total. The summed E-state index contributed by atoms with van der Waals surface area (Å²) in [7, 11) is 1.71. The van der Waals surface area contributed by atoms with Crippen LogP contribution in [0.5, 0.6) is 0 Å². The number of ether oxygens (including phenoxy) is 1. The second-order valence-electron chi connectivity index (χ2n) is 3.36. The summed E-state index contributed by atoms with van der Waals surface area (Å²) in [5.74, 6) is 0.0383. The van der Waals surface area contributed by atoms with Crippen molar-refractivity contribution in [2.75, 3.05) is 46.4 Å². The van der Waals surface area contributed by atoms with Gasteiger partial charge in [0, 0.05) is 39.8 Å². The van der Waals surface area contributed by atoms with E-state index in [0.717, 1.165) is 39.3 Å². The monoisotopic (exact) mass is 198 g/mol. The lowest BCUT2D eigenvalue weighted by Crippen LogP contribution is -2.48. The van der Waals surface area contributed by atoms with Crippen molar-refractivity contribution in [2.45, 2.75) is 0 Å². The minimum atomic E-state index is 0.0383. The van der Waals surface area contributed by atoms with Crippen molar-refractivity contribution in [2.24, 2.45) is 0 Å². The van der Waals surface area contributed by atoms with Gasteiger partial charge >= 0.3 is 0 Å². The Labute approximate surface area is 85.1 Å². The summed E-state index contributed by atoms with van der Waals surface area (Å²) in [6.07, 6.45) is 1.38. The van der Waals surface area contributed by atoms with E-state index in [2.05, 4.69) is 11.5 Å². The Bertz CT molecular complexity index is 198. The molecule has 0 spiro atoms. The molecule has 0 aromatic rings. The van der Waals surface area contributed by atoms with Gasteiger partial charge in [-0.3, -0.25) is 9.69 Å². The van der Waals surface area contributed by atoms with Crippen molar-refractivity contribution in [3.05, 3.63) is 12.7 Å². The first-order valence-electron chi connectivity index (χ1n) is 4.90. The highest BCUT2D eigenvalue weighted by Crippen LogP contribution is 2.01. The van der Waals surface area contributed by atoms with Crippen molar-refractivity contribution in [3.8, 4) is 0 Å². The molecule has 1 heterocycles. The second kappa shape index (κ2) is 5.78. The van der Waals surface area contributed by atoms with Gasteiger partial charge in [-0.15, -0.1) is 0 Å². The lowest BCUT2D eigenvalue weighted by Gasteiger charge is -2.33. The predicted molar refractivity (Wildman–Crippen MR) is 55.1 cm³/mol. The molecule has 1 rings (SSSR count). The Balaban J connectivity index is 2.24. The fourth-order valence-electron chi connectivity index (χ4n) is 1.54. The van der Waals surface area contributed by atoms with Gasteiger partial charge in [0.2, 0.25) is 5.91 Å². The van der Waals surface area contributed by atoms with Crippen LogP contribution in [0, 0.1) is 0 Å². The number of nitrogens with zero attached hydrogens (tertiary/aromatic N) is 2. The predicted octanol–water partition coefficient (Wildman–Crippen LogP) is -0.0370. The average molecular weight is 198 g/mol. The van der Waals surface area contributed by atoms with Crippen molar-refractivity contribution in [1.82, 2.24) is 9.80 Å². The SMILES string of the molecule is C=CC(=O)N1CCN(CCOC)CC1. The van der Waals surface area contributed by atoms with Gasteiger partial charge in [0.15, 0.2) is 0 Å². The van der Waals surface area contributed by atoms with Gasteiger partial charge in [0.25, 0.3) is 0 Å². The molecular formula is C10H18N2O2. The molecule has 1 aliphatic rings. The van der Waals surface area contributed by atoms with E-state index < -0.39 is 0 Å². The van der Waals surface area contributed by atoms with Gasteiger partial charge in [-0.05, 0) is 6.08 Å². The third kappa shape index (κ3) is 3.12. The summed E-state index contributed by atoms with van der Waals surface area (Å²) in [6.45, 7) is 8.66.